The minimum absolute atomic E-state index is 0.0440. The fraction of sp³-hybridized carbons (Fsp3) is 0.550. The van der Waals surface area contributed by atoms with Crippen LogP contribution in [-0.4, -0.2) is 58.4 Å². The van der Waals surface area contributed by atoms with Gasteiger partial charge < -0.3 is 14.9 Å². The summed E-state index contributed by atoms with van der Waals surface area (Å²) in [6, 6.07) is 6.80. The third-order valence-corrected chi connectivity index (χ3v) is 5.93. The van der Waals surface area contributed by atoms with E-state index >= 15 is 0 Å². The number of aliphatic carboxylic acids is 1. The van der Waals surface area contributed by atoms with E-state index in [9.17, 15) is 19.5 Å². The van der Waals surface area contributed by atoms with E-state index in [1.54, 1.807) is 6.92 Å². The van der Waals surface area contributed by atoms with Gasteiger partial charge in [0.25, 0.3) is 5.91 Å². The number of amides is 2. The molecule has 1 aromatic rings. The normalized spacial score (nSPS) is 20.9. The number of piperidine rings is 2. The Morgan fingerprint density at radius 3 is 2.31 bits per heavy atom. The first-order valence-electron chi connectivity index (χ1n) is 9.20. The topological polar surface area (TPSA) is 77.9 Å². The number of carbonyl (C=O) groups excluding carboxylic acids is 2. The van der Waals surface area contributed by atoms with Crippen LogP contribution < -0.4 is 0 Å². The van der Waals surface area contributed by atoms with Crippen molar-refractivity contribution in [3.05, 3.63) is 35.4 Å². The quantitative estimate of drug-likeness (QED) is 0.899. The van der Waals surface area contributed by atoms with Gasteiger partial charge in [0, 0.05) is 31.6 Å². The largest absolute Gasteiger partial charge is 0.480 e. The molecule has 2 amide bonds. The van der Waals surface area contributed by atoms with Gasteiger partial charge in [0.15, 0.2) is 0 Å². The van der Waals surface area contributed by atoms with Crippen molar-refractivity contribution in [2.75, 3.05) is 19.6 Å². The number of benzene rings is 1. The highest BCUT2D eigenvalue weighted by Gasteiger charge is 2.43. The lowest BCUT2D eigenvalue weighted by Crippen LogP contribution is -2.55. The number of likely N-dealkylation sites (tertiary alicyclic amines) is 2. The molecule has 2 aliphatic rings. The summed E-state index contributed by atoms with van der Waals surface area (Å²) in [7, 11) is 0. The molecule has 2 aliphatic heterocycles. The second-order valence-corrected chi connectivity index (χ2v) is 7.69. The van der Waals surface area contributed by atoms with E-state index in [2.05, 4.69) is 0 Å². The first-order chi connectivity index (χ1) is 12.3. The lowest BCUT2D eigenvalue weighted by molar-refractivity contribution is -0.154. The van der Waals surface area contributed by atoms with Gasteiger partial charge in [-0.3, -0.25) is 9.59 Å². The van der Waals surface area contributed by atoms with Crippen LogP contribution in [0.2, 0.25) is 0 Å². The van der Waals surface area contributed by atoms with Crippen molar-refractivity contribution in [1.29, 1.82) is 0 Å². The van der Waals surface area contributed by atoms with Crippen molar-refractivity contribution in [1.82, 2.24) is 9.80 Å². The van der Waals surface area contributed by atoms with E-state index in [1.165, 1.54) is 4.90 Å². The number of carbonyl (C=O) groups is 3. The molecule has 0 unspecified atom stereocenters. The smallest absolute Gasteiger partial charge is 0.326 e. The Morgan fingerprint density at radius 1 is 1.12 bits per heavy atom. The second kappa shape index (κ2) is 7.09. The van der Waals surface area contributed by atoms with Crippen LogP contribution in [0.5, 0.6) is 0 Å². The van der Waals surface area contributed by atoms with Crippen LogP contribution in [-0.2, 0) is 9.59 Å². The highest BCUT2D eigenvalue weighted by molar-refractivity contribution is 5.94. The van der Waals surface area contributed by atoms with Gasteiger partial charge in [-0.2, -0.15) is 0 Å². The zero-order valence-corrected chi connectivity index (χ0v) is 15.4. The molecule has 0 aromatic heterocycles. The number of hydrogen-bond donors (Lipinski definition) is 1. The minimum Gasteiger partial charge on any atom is -0.480 e. The van der Waals surface area contributed by atoms with Gasteiger partial charge in [-0.25, -0.2) is 4.79 Å². The molecule has 0 saturated carbocycles. The maximum atomic E-state index is 12.7. The Labute approximate surface area is 153 Å². The predicted molar refractivity (Wildman–Crippen MR) is 96.8 cm³/mol. The molecule has 3 rings (SSSR count). The zero-order chi connectivity index (χ0) is 18.9. The number of hydrogen-bond acceptors (Lipinski definition) is 3. The monoisotopic (exact) mass is 358 g/mol. The molecule has 2 heterocycles. The van der Waals surface area contributed by atoms with Crippen LogP contribution >= 0.6 is 0 Å². The third kappa shape index (κ3) is 3.59. The van der Waals surface area contributed by atoms with E-state index in [0.29, 0.717) is 31.6 Å². The fourth-order valence-electron chi connectivity index (χ4n) is 4.00. The van der Waals surface area contributed by atoms with Crippen LogP contribution in [0.4, 0.5) is 0 Å². The van der Waals surface area contributed by atoms with Gasteiger partial charge in [0.2, 0.25) is 5.91 Å². The number of carboxylic acids is 1. The molecule has 26 heavy (non-hydrogen) atoms. The summed E-state index contributed by atoms with van der Waals surface area (Å²) >= 11 is 0. The lowest BCUT2D eigenvalue weighted by Gasteiger charge is -2.48. The maximum Gasteiger partial charge on any atom is 0.326 e. The Balaban J connectivity index is 1.65. The van der Waals surface area contributed by atoms with E-state index < -0.39 is 12.0 Å². The summed E-state index contributed by atoms with van der Waals surface area (Å²) < 4.78 is 0. The standard InChI is InChI=1S/C20H26N2O4/c1-14-3-5-16(6-4-14)18(24)21-11-9-20(10-12-21)8-7-17(23)22(13-20)15(2)19(25)26/h3-6,15H,7-13H2,1-2H3,(H,25,26)/t15-/m0/s1. The van der Waals surface area contributed by atoms with Crippen LogP contribution in [0.3, 0.4) is 0 Å². The van der Waals surface area contributed by atoms with E-state index in [4.69, 9.17) is 0 Å². The molecule has 0 bridgehead atoms. The summed E-state index contributed by atoms with van der Waals surface area (Å²) in [6.07, 6.45) is 2.78. The minimum atomic E-state index is -0.970. The molecular weight excluding hydrogens is 332 g/mol. The molecule has 0 aliphatic carbocycles. The highest BCUT2D eigenvalue weighted by atomic mass is 16.4. The summed E-state index contributed by atoms with van der Waals surface area (Å²) in [5.41, 5.74) is 1.76. The van der Waals surface area contributed by atoms with Crippen LogP contribution in [0, 0.1) is 12.3 Å². The molecular formula is C20H26N2O4. The summed E-state index contributed by atoms with van der Waals surface area (Å²) in [6.45, 7) is 5.33. The number of rotatable bonds is 3. The zero-order valence-electron chi connectivity index (χ0n) is 15.4. The average Bonchev–Trinajstić information content (AvgIpc) is 2.64. The molecule has 1 spiro atoms. The number of carboxylic acid groups (broad SMARTS) is 1. The molecule has 1 N–H and O–H groups in total. The van der Waals surface area contributed by atoms with Crippen molar-refractivity contribution in [3.63, 3.8) is 0 Å². The van der Waals surface area contributed by atoms with Gasteiger partial charge in [0.05, 0.1) is 0 Å². The Morgan fingerprint density at radius 2 is 1.73 bits per heavy atom. The van der Waals surface area contributed by atoms with E-state index in [0.717, 1.165) is 24.8 Å². The first-order valence-corrected chi connectivity index (χ1v) is 9.20. The summed E-state index contributed by atoms with van der Waals surface area (Å²) in [5.74, 6) is -1.01. The first kappa shape index (κ1) is 18.4. The van der Waals surface area contributed by atoms with Crippen molar-refractivity contribution >= 4 is 17.8 Å². The maximum absolute atomic E-state index is 12.7. The third-order valence-electron chi connectivity index (χ3n) is 5.93. The van der Waals surface area contributed by atoms with E-state index in [1.807, 2.05) is 36.1 Å². The molecule has 1 aromatic carbocycles. The fourth-order valence-corrected chi connectivity index (χ4v) is 4.00. The Bertz CT molecular complexity index is 705. The van der Waals surface area contributed by atoms with Gasteiger partial charge in [-0.05, 0) is 50.7 Å². The SMILES string of the molecule is Cc1ccc(C(=O)N2CCC3(CCC(=O)N([C@@H](C)C(=O)O)C3)CC2)cc1. The molecule has 1 atom stereocenters. The Kier molecular flexibility index (Phi) is 5.03. The molecule has 2 saturated heterocycles. The predicted octanol–water partition coefficient (Wildman–Crippen LogP) is 2.31. The molecule has 2 fully saturated rings. The highest BCUT2D eigenvalue weighted by Crippen LogP contribution is 2.41. The number of aryl methyl sites for hydroxylation is 1. The van der Waals surface area contributed by atoms with Crippen molar-refractivity contribution in [3.8, 4) is 0 Å². The van der Waals surface area contributed by atoms with Gasteiger partial charge >= 0.3 is 5.97 Å². The molecule has 6 nitrogen and oxygen atoms in total. The lowest BCUT2D eigenvalue weighted by atomic mass is 9.72. The molecule has 0 radical (unpaired) electrons. The summed E-state index contributed by atoms with van der Waals surface area (Å²) in [4.78, 5) is 39.5. The van der Waals surface area contributed by atoms with Crippen LogP contribution in [0.25, 0.3) is 0 Å². The van der Waals surface area contributed by atoms with Crippen LogP contribution in [0.15, 0.2) is 24.3 Å². The Hall–Kier alpha value is -2.37. The van der Waals surface area contributed by atoms with Crippen molar-refractivity contribution < 1.29 is 19.5 Å². The van der Waals surface area contributed by atoms with Crippen LogP contribution in [0.1, 0.15) is 48.5 Å². The average molecular weight is 358 g/mol. The van der Waals surface area contributed by atoms with Gasteiger partial charge in [0.1, 0.15) is 6.04 Å². The van der Waals surface area contributed by atoms with Crippen molar-refractivity contribution in [2.24, 2.45) is 5.41 Å². The summed E-state index contributed by atoms with van der Waals surface area (Å²) in [5, 5.41) is 9.25. The van der Waals surface area contributed by atoms with Crippen molar-refractivity contribution in [2.45, 2.75) is 45.6 Å². The molecule has 6 heteroatoms. The molecule has 140 valence electrons. The number of nitrogens with zero attached hydrogens (tertiary/aromatic N) is 2. The van der Waals surface area contributed by atoms with E-state index in [-0.39, 0.29) is 17.2 Å². The van der Waals surface area contributed by atoms with Gasteiger partial charge in [-0.1, -0.05) is 17.7 Å². The van der Waals surface area contributed by atoms with Gasteiger partial charge in [-0.15, -0.1) is 0 Å². The second-order valence-electron chi connectivity index (χ2n) is 7.69.